The number of fused-ring (bicyclic) bond motifs is 3. The molecule has 1 heterocycles. The van der Waals surface area contributed by atoms with Gasteiger partial charge in [0, 0.05) is 22.3 Å². The lowest BCUT2D eigenvalue weighted by Crippen LogP contribution is -2.22. The highest BCUT2D eigenvalue weighted by Crippen LogP contribution is 2.32. The van der Waals surface area contributed by atoms with Crippen molar-refractivity contribution in [3.63, 3.8) is 0 Å². The minimum atomic E-state index is -0.339. The van der Waals surface area contributed by atoms with Crippen molar-refractivity contribution in [2.24, 2.45) is 0 Å². The minimum absolute atomic E-state index is 0. The molecule has 2 aromatic carbocycles. The van der Waals surface area contributed by atoms with Crippen LogP contribution in [0, 0.1) is 0 Å². The van der Waals surface area contributed by atoms with Gasteiger partial charge in [0.1, 0.15) is 17.8 Å². The molecular weight excluding hydrogens is 361 g/mol. The van der Waals surface area contributed by atoms with Crippen molar-refractivity contribution >= 4 is 51.9 Å². The molecule has 0 saturated heterocycles. The molecule has 134 valence electrons. The average Bonchev–Trinajstić information content (AvgIpc) is 2.90. The summed E-state index contributed by atoms with van der Waals surface area (Å²) in [6, 6.07) is 11.4. The summed E-state index contributed by atoms with van der Waals surface area (Å²) in [4.78, 5) is 14.2. The van der Waals surface area contributed by atoms with E-state index >= 15 is 0 Å². The molecule has 0 bridgehead atoms. The first kappa shape index (κ1) is 19.6. The van der Waals surface area contributed by atoms with Crippen LogP contribution in [-0.2, 0) is 9.53 Å². The first-order valence-electron chi connectivity index (χ1n) is 7.89. The van der Waals surface area contributed by atoms with E-state index in [9.17, 15) is 4.79 Å². The highest BCUT2D eigenvalue weighted by atomic mass is 35.5. The number of furan rings is 1. The van der Waals surface area contributed by atoms with Gasteiger partial charge in [0.25, 0.3) is 0 Å². The second kappa shape index (κ2) is 8.09. The van der Waals surface area contributed by atoms with Gasteiger partial charge in [0.15, 0.2) is 0 Å². The molecule has 0 amide bonds. The normalized spacial score (nSPS) is 12.4. The van der Waals surface area contributed by atoms with Gasteiger partial charge in [-0.05, 0) is 50.8 Å². The van der Waals surface area contributed by atoms with Crippen LogP contribution in [0.25, 0.3) is 21.9 Å². The van der Waals surface area contributed by atoms with Gasteiger partial charge >= 0.3 is 5.97 Å². The predicted octanol–water partition coefficient (Wildman–Crippen LogP) is 4.87. The number of ether oxygens (including phenoxy) is 1. The number of carbonyl (C=O) groups excluding carboxylic acids is 1. The molecule has 25 heavy (non-hydrogen) atoms. The average molecular weight is 382 g/mol. The van der Waals surface area contributed by atoms with Gasteiger partial charge in [0.2, 0.25) is 0 Å². The number of nitrogens with zero attached hydrogens (tertiary/aromatic N) is 1. The highest BCUT2D eigenvalue weighted by Gasteiger charge is 2.18. The highest BCUT2D eigenvalue weighted by molar-refractivity contribution is 6.31. The molecule has 4 nitrogen and oxygen atoms in total. The largest absolute Gasteiger partial charge is 0.464 e. The molecule has 0 saturated carbocycles. The SMILES string of the molecule is CC(C(=O)OCCN(C)C)c1ccc2c(c1)oc1ccc(Cl)cc12.Cl. The number of likely N-dealkylation sites (N-methyl/N-ethyl adjacent to an activating group) is 1. The van der Waals surface area contributed by atoms with Crippen LogP contribution in [0.1, 0.15) is 18.4 Å². The van der Waals surface area contributed by atoms with Gasteiger partial charge in [0.05, 0.1) is 5.92 Å². The Morgan fingerprint density at radius 3 is 2.64 bits per heavy atom. The Morgan fingerprint density at radius 2 is 1.92 bits per heavy atom. The Labute approximate surface area is 158 Å². The molecule has 0 fully saturated rings. The zero-order valence-corrected chi connectivity index (χ0v) is 16.0. The summed E-state index contributed by atoms with van der Waals surface area (Å²) in [5.74, 6) is -0.566. The fraction of sp³-hybridized carbons (Fsp3) is 0.316. The van der Waals surface area contributed by atoms with Crippen molar-refractivity contribution in [3.8, 4) is 0 Å². The van der Waals surface area contributed by atoms with E-state index in [-0.39, 0.29) is 24.3 Å². The van der Waals surface area contributed by atoms with E-state index in [1.807, 2.05) is 56.3 Å². The van der Waals surface area contributed by atoms with Crippen molar-refractivity contribution in [3.05, 3.63) is 47.0 Å². The first-order chi connectivity index (χ1) is 11.5. The number of rotatable bonds is 5. The lowest BCUT2D eigenvalue weighted by Gasteiger charge is -2.14. The lowest BCUT2D eigenvalue weighted by molar-refractivity contribution is -0.145. The van der Waals surface area contributed by atoms with Gasteiger partial charge < -0.3 is 14.1 Å². The monoisotopic (exact) mass is 381 g/mol. The van der Waals surface area contributed by atoms with Crippen LogP contribution in [0.3, 0.4) is 0 Å². The van der Waals surface area contributed by atoms with Crippen LogP contribution >= 0.6 is 24.0 Å². The molecule has 0 aliphatic heterocycles. The fourth-order valence-electron chi connectivity index (χ4n) is 2.63. The summed E-state index contributed by atoms with van der Waals surface area (Å²) >= 11 is 6.06. The zero-order valence-electron chi connectivity index (χ0n) is 14.4. The number of esters is 1. The third-order valence-electron chi connectivity index (χ3n) is 4.09. The lowest BCUT2D eigenvalue weighted by atomic mass is 10.00. The molecule has 3 aromatic rings. The second-order valence-electron chi connectivity index (χ2n) is 6.19. The maximum absolute atomic E-state index is 12.2. The van der Waals surface area contributed by atoms with E-state index in [0.717, 1.165) is 27.5 Å². The molecule has 6 heteroatoms. The predicted molar refractivity (Wildman–Crippen MR) is 104 cm³/mol. The number of hydrogen-bond donors (Lipinski definition) is 0. The summed E-state index contributed by atoms with van der Waals surface area (Å²) in [6.07, 6.45) is 0. The zero-order chi connectivity index (χ0) is 17.3. The van der Waals surface area contributed by atoms with E-state index in [1.54, 1.807) is 6.07 Å². The number of hydrogen-bond acceptors (Lipinski definition) is 4. The summed E-state index contributed by atoms with van der Waals surface area (Å²) in [5.41, 5.74) is 2.41. The van der Waals surface area contributed by atoms with Gasteiger partial charge in [-0.15, -0.1) is 12.4 Å². The van der Waals surface area contributed by atoms with Gasteiger partial charge in [-0.25, -0.2) is 0 Å². The number of carbonyl (C=O) groups is 1. The minimum Gasteiger partial charge on any atom is -0.464 e. The molecule has 0 radical (unpaired) electrons. The molecule has 0 N–H and O–H groups in total. The number of halogens is 2. The summed E-state index contributed by atoms with van der Waals surface area (Å²) in [6.45, 7) is 2.95. The quantitative estimate of drug-likeness (QED) is 0.591. The maximum Gasteiger partial charge on any atom is 0.313 e. The smallest absolute Gasteiger partial charge is 0.313 e. The van der Waals surface area contributed by atoms with E-state index in [1.165, 1.54) is 0 Å². The van der Waals surface area contributed by atoms with E-state index < -0.39 is 0 Å². The summed E-state index contributed by atoms with van der Waals surface area (Å²) < 4.78 is 11.2. The topological polar surface area (TPSA) is 42.7 Å². The Kier molecular flexibility index (Phi) is 6.33. The fourth-order valence-corrected chi connectivity index (χ4v) is 2.80. The molecule has 1 aromatic heterocycles. The van der Waals surface area contributed by atoms with E-state index in [2.05, 4.69) is 0 Å². The van der Waals surface area contributed by atoms with Crippen molar-refractivity contribution in [2.75, 3.05) is 27.2 Å². The van der Waals surface area contributed by atoms with Crippen LogP contribution in [0.4, 0.5) is 0 Å². The molecule has 1 unspecified atom stereocenters. The van der Waals surface area contributed by atoms with E-state index in [0.29, 0.717) is 18.2 Å². The number of benzene rings is 2. The van der Waals surface area contributed by atoms with Crippen molar-refractivity contribution < 1.29 is 13.9 Å². The van der Waals surface area contributed by atoms with Crippen LogP contribution in [0.2, 0.25) is 5.02 Å². The van der Waals surface area contributed by atoms with Crippen LogP contribution in [0.5, 0.6) is 0 Å². The first-order valence-corrected chi connectivity index (χ1v) is 8.26. The van der Waals surface area contributed by atoms with Gasteiger partial charge in [-0.2, -0.15) is 0 Å². The maximum atomic E-state index is 12.2. The molecule has 0 aliphatic rings. The molecule has 0 aliphatic carbocycles. The Morgan fingerprint density at radius 1 is 1.16 bits per heavy atom. The van der Waals surface area contributed by atoms with Crippen LogP contribution < -0.4 is 0 Å². The molecule has 0 spiro atoms. The van der Waals surface area contributed by atoms with Crippen molar-refractivity contribution in [1.29, 1.82) is 0 Å². The van der Waals surface area contributed by atoms with Gasteiger partial charge in [-0.3, -0.25) is 4.79 Å². The third kappa shape index (κ3) is 4.27. The molecule has 3 rings (SSSR count). The van der Waals surface area contributed by atoms with Gasteiger partial charge in [-0.1, -0.05) is 23.7 Å². The summed E-state index contributed by atoms with van der Waals surface area (Å²) in [7, 11) is 3.89. The Bertz CT molecular complexity index is 889. The van der Waals surface area contributed by atoms with Crippen LogP contribution in [-0.4, -0.2) is 38.1 Å². The molecular formula is C19H21Cl2NO3. The Hall–Kier alpha value is -1.75. The van der Waals surface area contributed by atoms with Crippen molar-refractivity contribution in [1.82, 2.24) is 4.90 Å². The van der Waals surface area contributed by atoms with Crippen LogP contribution in [0.15, 0.2) is 40.8 Å². The van der Waals surface area contributed by atoms with Crippen molar-refractivity contribution in [2.45, 2.75) is 12.8 Å². The standard InChI is InChI=1S/C19H20ClNO3.ClH/c1-12(19(22)23-9-8-21(2)3)13-4-6-15-16-11-14(20)5-7-17(16)24-18(15)10-13;/h4-7,10-12H,8-9H2,1-3H3;1H. The summed E-state index contributed by atoms with van der Waals surface area (Å²) in [5, 5.41) is 2.64. The van der Waals surface area contributed by atoms with E-state index in [4.69, 9.17) is 20.8 Å². The second-order valence-corrected chi connectivity index (χ2v) is 6.63. The third-order valence-corrected chi connectivity index (χ3v) is 4.33. The Balaban J connectivity index is 0.00000225. The molecule has 1 atom stereocenters.